The van der Waals surface area contributed by atoms with Crippen LogP contribution >= 0.6 is 0 Å². The SMILES string of the molecule is CC(O)CC(C)(C)n1ccnc1. The Labute approximate surface area is 73.1 Å². The number of imidazole rings is 1. The summed E-state index contributed by atoms with van der Waals surface area (Å²) in [6.45, 7) is 5.97. The van der Waals surface area contributed by atoms with Gasteiger partial charge in [0.2, 0.25) is 0 Å². The van der Waals surface area contributed by atoms with Gasteiger partial charge in [-0.25, -0.2) is 4.98 Å². The van der Waals surface area contributed by atoms with E-state index in [0.717, 1.165) is 6.42 Å². The van der Waals surface area contributed by atoms with Crippen LogP contribution in [0.15, 0.2) is 18.7 Å². The molecular formula is C9H16N2O. The Kier molecular flexibility index (Phi) is 2.52. The van der Waals surface area contributed by atoms with Crippen molar-refractivity contribution in [2.45, 2.75) is 38.8 Å². The first kappa shape index (κ1) is 9.26. The normalized spacial score (nSPS) is 14.7. The molecule has 1 heterocycles. The monoisotopic (exact) mass is 168 g/mol. The molecule has 12 heavy (non-hydrogen) atoms. The Morgan fingerprint density at radius 2 is 2.25 bits per heavy atom. The number of hydrogen-bond donors (Lipinski definition) is 1. The van der Waals surface area contributed by atoms with E-state index in [-0.39, 0.29) is 11.6 Å². The summed E-state index contributed by atoms with van der Waals surface area (Å²) in [5, 5.41) is 9.25. The standard InChI is InChI=1S/C9H16N2O/c1-8(12)6-9(2,3)11-5-4-10-7-11/h4-5,7-8,12H,6H2,1-3H3. The van der Waals surface area contributed by atoms with Crippen LogP contribution in [-0.4, -0.2) is 20.8 Å². The minimum atomic E-state index is -0.276. The highest BCUT2D eigenvalue weighted by Gasteiger charge is 2.21. The molecule has 3 heteroatoms. The second-order valence-corrected chi connectivity index (χ2v) is 3.84. The van der Waals surface area contributed by atoms with Crippen LogP contribution in [0.1, 0.15) is 27.2 Å². The van der Waals surface area contributed by atoms with Crippen LogP contribution in [0.3, 0.4) is 0 Å². The quantitative estimate of drug-likeness (QED) is 0.740. The molecule has 0 spiro atoms. The summed E-state index contributed by atoms with van der Waals surface area (Å²) in [7, 11) is 0. The summed E-state index contributed by atoms with van der Waals surface area (Å²) in [5.74, 6) is 0. The van der Waals surface area contributed by atoms with Crippen molar-refractivity contribution in [3.05, 3.63) is 18.7 Å². The molecule has 0 amide bonds. The predicted octanol–water partition coefficient (Wildman–Crippen LogP) is 1.39. The molecule has 1 aromatic heterocycles. The molecule has 0 aliphatic heterocycles. The van der Waals surface area contributed by atoms with Crippen molar-refractivity contribution in [2.75, 3.05) is 0 Å². The Morgan fingerprint density at radius 1 is 1.58 bits per heavy atom. The Bertz CT molecular complexity index is 227. The largest absolute Gasteiger partial charge is 0.393 e. The van der Waals surface area contributed by atoms with Gasteiger partial charge in [-0.3, -0.25) is 0 Å². The highest BCUT2D eigenvalue weighted by molar-refractivity contribution is 4.86. The zero-order chi connectivity index (χ0) is 9.19. The summed E-state index contributed by atoms with van der Waals surface area (Å²) in [6.07, 6.45) is 5.92. The average Bonchev–Trinajstić information content (AvgIpc) is 2.32. The summed E-state index contributed by atoms with van der Waals surface area (Å²) >= 11 is 0. The van der Waals surface area contributed by atoms with E-state index in [1.807, 2.05) is 10.8 Å². The van der Waals surface area contributed by atoms with Gasteiger partial charge in [0, 0.05) is 17.9 Å². The van der Waals surface area contributed by atoms with Crippen LogP contribution < -0.4 is 0 Å². The van der Waals surface area contributed by atoms with Gasteiger partial charge < -0.3 is 9.67 Å². The third-order valence-electron chi connectivity index (χ3n) is 2.00. The molecule has 0 bridgehead atoms. The zero-order valence-corrected chi connectivity index (χ0v) is 7.86. The smallest absolute Gasteiger partial charge is 0.0950 e. The maximum Gasteiger partial charge on any atom is 0.0950 e. The minimum absolute atomic E-state index is 0.0509. The van der Waals surface area contributed by atoms with Crippen LogP contribution in [0, 0.1) is 0 Å². The summed E-state index contributed by atoms with van der Waals surface area (Å²) in [5.41, 5.74) is -0.0509. The van der Waals surface area contributed by atoms with Gasteiger partial charge in [-0.05, 0) is 27.2 Å². The predicted molar refractivity (Wildman–Crippen MR) is 47.8 cm³/mol. The van der Waals surface area contributed by atoms with E-state index in [1.165, 1.54) is 0 Å². The molecule has 0 saturated carbocycles. The van der Waals surface area contributed by atoms with Crippen molar-refractivity contribution in [2.24, 2.45) is 0 Å². The summed E-state index contributed by atoms with van der Waals surface area (Å²) in [6, 6.07) is 0. The lowest BCUT2D eigenvalue weighted by Crippen LogP contribution is -2.29. The number of hydrogen-bond acceptors (Lipinski definition) is 2. The zero-order valence-electron chi connectivity index (χ0n) is 7.86. The molecule has 3 nitrogen and oxygen atoms in total. The van der Waals surface area contributed by atoms with Gasteiger partial charge in [-0.1, -0.05) is 0 Å². The topological polar surface area (TPSA) is 38.0 Å². The third kappa shape index (κ3) is 2.08. The molecule has 68 valence electrons. The maximum absolute atomic E-state index is 9.25. The summed E-state index contributed by atoms with van der Waals surface area (Å²) < 4.78 is 2.01. The first-order valence-electron chi connectivity index (χ1n) is 4.19. The number of aliphatic hydroxyl groups is 1. The highest BCUT2D eigenvalue weighted by atomic mass is 16.3. The lowest BCUT2D eigenvalue weighted by atomic mass is 9.97. The van der Waals surface area contributed by atoms with Gasteiger partial charge in [0.15, 0.2) is 0 Å². The van der Waals surface area contributed by atoms with Crippen molar-refractivity contribution in [3.63, 3.8) is 0 Å². The van der Waals surface area contributed by atoms with E-state index >= 15 is 0 Å². The van der Waals surface area contributed by atoms with Crippen LogP contribution in [0.4, 0.5) is 0 Å². The minimum Gasteiger partial charge on any atom is -0.393 e. The first-order chi connectivity index (χ1) is 5.52. The molecule has 0 fully saturated rings. The Hall–Kier alpha value is -0.830. The molecule has 0 aliphatic rings. The van der Waals surface area contributed by atoms with Gasteiger partial charge >= 0.3 is 0 Å². The molecule has 0 aliphatic carbocycles. The molecule has 0 aromatic carbocycles. The van der Waals surface area contributed by atoms with E-state index in [1.54, 1.807) is 19.4 Å². The van der Waals surface area contributed by atoms with Crippen molar-refractivity contribution in [1.82, 2.24) is 9.55 Å². The number of aliphatic hydroxyl groups excluding tert-OH is 1. The average molecular weight is 168 g/mol. The van der Waals surface area contributed by atoms with Gasteiger partial charge in [0.1, 0.15) is 0 Å². The lowest BCUT2D eigenvalue weighted by Gasteiger charge is -2.27. The maximum atomic E-state index is 9.25. The van der Waals surface area contributed by atoms with Crippen LogP contribution in [0.2, 0.25) is 0 Å². The van der Waals surface area contributed by atoms with Crippen molar-refractivity contribution in [1.29, 1.82) is 0 Å². The molecule has 1 aromatic rings. The van der Waals surface area contributed by atoms with Crippen molar-refractivity contribution < 1.29 is 5.11 Å². The van der Waals surface area contributed by atoms with E-state index < -0.39 is 0 Å². The van der Waals surface area contributed by atoms with E-state index in [4.69, 9.17) is 0 Å². The fourth-order valence-electron chi connectivity index (χ4n) is 1.45. The van der Waals surface area contributed by atoms with E-state index in [2.05, 4.69) is 18.8 Å². The van der Waals surface area contributed by atoms with Crippen LogP contribution in [-0.2, 0) is 5.54 Å². The molecule has 1 atom stereocenters. The molecule has 1 unspecified atom stereocenters. The van der Waals surface area contributed by atoms with E-state index in [0.29, 0.717) is 0 Å². The second-order valence-electron chi connectivity index (χ2n) is 3.84. The highest BCUT2D eigenvalue weighted by Crippen LogP contribution is 2.20. The molecule has 1 N–H and O–H groups in total. The molecule has 0 radical (unpaired) electrons. The Morgan fingerprint density at radius 3 is 2.67 bits per heavy atom. The number of rotatable bonds is 3. The lowest BCUT2D eigenvalue weighted by molar-refractivity contribution is 0.132. The van der Waals surface area contributed by atoms with Crippen LogP contribution in [0.25, 0.3) is 0 Å². The van der Waals surface area contributed by atoms with Crippen molar-refractivity contribution >= 4 is 0 Å². The molecular weight excluding hydrogens is 152 g/mol. The fourth-order valence-corrected chi connectivity index (χ4v) is 1.45. The van der Waals surface area contributed by atoms with Crippen molar-refractivity contribution in [3.8, 4) is 0 Å². The summed E-state index contributed by atoms with van der Waals surface area (Å²) in [4.78, 5) is 3.98. The van der Waals surface area contributed by atoms with E-state index in [9.17, 15) is 5.11 Å². The Balaban J connectivity index is 2.72. The number of nitrogens with zero attached hydrogens (tertiary/aromatic N) is 2. The van der Waals surface area contributed by atoms with Gasteiger partial charge in [-0.15, -0.1) is 0 Å². The fraction of sp³-hybridized carbons (Fsp3) is 0.667. The van der Waals surface area contributed by atoms with Gasteiger partial charge in [0.05, 0.1) is 12.4 Å². The first-order valence-corrected chi connectivity index (χ1v) is 4.19. The third-order valence-corrected chi connectivity index (χ3v) is 2.00. The van der Waals surface area contributed by atoms with Gasteiger partial charge in [0.25, 0.3) is 0 Å². The molecule has 0 saturated heterocycles. The molecule has 1 rings (SSSR count). The second kappa shape index (κ2) is 3.27. The van der Waals surface area contributed by atoms with Crippen LogP contribution in [0.5, 0.6) is 0 Å². The number of aromatic nitrogens is 2. The van der Waals surface area contributed by atoms with Gasteiger partial charge in [-0.2, -0.15) is 0 Å².